The summed E-state index contributed by atoms with van der Waals surface area (Å²) < 4.78 is 6.90. The van der Waals surface area contributed by atoms with Crippen molar-refractivity contribution in [2.75, 3.05) is 6.61 Å². The van der Waals surface area contributed by atoms with Crippen LogP contribution in [0.4, 0.5) is 0 Å². The molecular formula is C23H23N3O4. The van der Waals surface area contributed by atoms with Crippen molar-refractivity contribution in [3.8, 4) is 17.0 Å². The van der Waals surface area contributed by atoms with Crippen molar-refractivity contribution in [3.05, 3.63) is 77.5 Å². The quantitative estimate of drug-likeness (QED) is 0.357. The van der Waals surface area contributed by atoms with Gasteiger partial charge in [0.1, 0.15) is 12.3 Å². The number of hydrazone groups is 1. The Balaban J connectivity index is 1.84. The molecule has 0 atom stereocenters. The number of amides is 1. The van der Waals surface area contributed by atoms with Gasteiger partial charge in [0.05, 0.1) is 18.4 Å². The molecule has 1 aromatic heterocycles. The van der Waals surface area contributed by atoms with E-state index in [9.17, 15) is 14.7 Å². The normalized spacial score (nSPS) is 10.9. The Morgan fingerprint density at radius 1 is 1.13 bits per heavy atom. The van der Waals surface area contributed by atoms with Crippen molar-refractivity contribution < 1.29 is 19.4 Å². The van der Waals surface area contributed by atoms with Crippen molar-refractivity contribution >= 4 is 18.1 Å². The van der Waals surface area contributed by atoms with E-state index < -0.39 is 5.97 Å². The third-order valence-electron chi connectivity index (χ3n) is 4.56. The Bertz CT molecular complexity index is 1070. The largest absolute Gasteiger partial charge is 0.507 e. The molecule has 154 valence electrons. The highest BCUT2D eigenvalue weighted by atomic mass is 16.5. The number of nitrogens with one attached hydrogen (secondary N) is 1. The molecule has 1 heterocycles. The topological polar surface area (TPSA) is 92.9 Å². The van der Waals surface area contributed by atoms with E-state index in [2.05, 4.69) is 10.5 Å². The number of hydrogen-bond donors (Lipinski definition) is 2. The Kier molecular flexibility index (Phi) is 6.64. The molecule has 7 heteroatoms. The number of carbonyl (C=O) groups is 2. The number of nitrogens with zero attached hydrogens (tertiary/aromatic N) is 2. The van der Waals surface area contributed by atoms with Gasteiger partial charge < -0.3 is 14.4 Å². The number of benzene rings is 2. The van der Waals surface area contributed by atoms with Gasteiger partial charge in [0, 0.05) is 17.0 Å². The third kappa shape index (κ3) is 4.75. The molecule has 0 aliphatic rings. The fourth-order valence-corrected chi connectivity index (χ4v) is 3.06. The fourth-order valence-electron chi connectivity index (χ4n) is 3.06. The molecule has 0 unspecified atom stereocenters. The molecule has 3 aromatic rings. The van der Waals surface area contributed by atoms with E-state index in [1.165, 1.54) is 12.3 Å². The maximum atomic E-state index is 12.5. The van der Waals surface area contributed by atoms with Crippen molar-refractivity contribution in [1.29, 1.82) is 0 Å². The van der Waals surface area contributed by atoms with E-state index in [0.717, 1.165) is 11.3 Å². The number of phenolic OH excluding ortho intramolecular Hbond substituents is 1. The van der Waals surface area contributed by atoms with Gasteiger partial charge in [0.25, 0.3) is 5.91 Å². The molecule has 2 N–H and O–H groups in total. The number of hydrogen-bond acceptors (Lipinski definition) is 5. The molecule has 30 heavy (non-hydrogen) atoms. The molecule has 7 nitrogen and oxygen atoms in total. The summed E-state index contributed by atoms with van der Waals surface area (Å²) in [5.74, 6) is -0.723. The molecule has 0 fully saturated rings. The highest BCUT2D eigenvalue weighted by molar-refractivity contribution is 5.93. The number of rotatable bonds is 7. The number of phenols is 1. The van der Waals surface area contributed by atoms with Gasteiger partial charge in [-0.25, -0.2) is 10.2 Å². The zero-order chi connectivity index (χ0) is 21.5. The number of aromatic hydroxyl groups is 1. The van der Waals surface area contributed by atoms with E-state index in [-0.39, 0.29) is 24.8 Å². The van der Waals surface area contributed by atoms with E-state index in [4.69, 9.17) is 4.74 Å². The number of ether oxygens (including phenoxy) is 1. The summed E-state index contributed by atoms with van der Waals surface area (Å²) in [6.45, 7) is 3.76. The van der Waals surface area contributed by atoms with Gasteiger partial charge in [-0.15, -0.1) is 0 Å². The SMILES string of the molecule is CCOC(=O)c1cc(-c2ccccc2)n(CC(=O)N/N=C/c2ccccc2O)c1C. The minimum atomic E-state index is -0.427. The van der Waals surface area contributed by atoms with Gasteiger partial charge >= 0.3 is 5.97 Å². The average molecular weight is 405 g/mol. The Labute approximate surface area is 174 Å². The summed E-state index contributed by atoms with van der Waals surface area (Å²) in [6.07, 6.45) is 1.37. The minimum Gasteiger partial charge on any atom is -0.507 e. The number of para-hydroxylation sites is 1. The van der Waals surface area contributed by atoms with E-state index in [0.29, 0.717) is 16.8 Å². The molecule has 0 spiro atoms. The third-order valence-corrected chi connectivity index (χ3v) is 4.56. The first-order valence-electron chi connectivity index (χ1n) is 9.53. The molecule has 3 rings (SSSR count). The molecule has 2 aromatic carbocycles. The monoisotopic (exact) mass is 405 g/mol. The Hall–Kier alpha value is -3.87. The van der Waals surface area contributed by atoms with Crippen LogP contribution in [-0.2, 0) is 16.1 Å². The van der Waals surface area contributed by atoms with E-state index in [1.54, 1.807) is 42.7 Å². The molecule has 0 saturated heterocycles. The van der Waals surface area contributed by atoms with Crippen molar-refractivity contribution in [1.82, 2.24) is 9.99 Å². The lowest BCUT2D eigenvalue weighted by atomic mass is 10.1. The lowest BCUT2D eigenvalue weighted by Gasteiger charge is -2.11. The predicted octanol–water partition coefficient (Wildman–Crippen LogP) is 3.50. The molecule has 0 aliphatic carbocycles. The zero-order valence-corrected chi connectivity index (χ0v) is 16.8. The van der Waals surface area contributed by atoms with Crippen LogP contribution in [0.1, 0.15) is 28.5 Å². The second-order valence-corrected chi connectivity index (χ2v) is 6.55. The van der Waals surface area contributed by atoms with Crippen molar-refractivity contribution in [2.45, 2.75) is 20.4 Å². The minimum absolute atomic E-state index is 0.0341. The van der Waals surface area contributed by atoms with Crippen LogP contribution in [0.25, 0.3) is 11.3 Å². The average Bonchev–Trinajstić information content (AvgIpc) is 3.06. The maximum absolute atomic E-state index is 12.5. The standard InChI is InChI=1S/C23H23N3O4/c1-3-30-23(29)19-13-20(17-9-5-4-6-10-17)26(16(19)2)15-22(28)25-24-14-18-11-7-8-12-21(18)27/h4-14,27H,3,15H2,1-2H3,(H,25,28)/b24-14+. The fraction of sp³-hybridized carbons (Fsp3) is 0.174. The van der Waals surface area contributed by atoms with Gasteiger partial charge in [0.2, 0.25) is 0 Å². The smallest absolute Gasteiger partial charge is 0.339 e. The van der Waals surface area contributed by atoms with Gasteiger partial charge in [-0.3, -0.25) is 4.79 Å². The van der Waals surface area contributed by atoms with Crippen molar-refractivity contribution in [2.24, 2.45) is 5.10 Å². The maximum Gasteiger partial charge on any atom is 0.339 e. The van der Waals surface area contributed by atoms with Crippen LogP contribution in [0.5, 0.6) is 5.75 Å². The predicted molar refractivity (Wildman–Crippen MR) is 114 cm³/mol. The molecule has 0 saturated carbocycles. The number of aromatic nitrogens is 1. The number of esters is 1. The van der Waals surface area contributed by atoms with Crippen LogP contribution in [0.2, 0.25) is 0 Å². The summed E-state index contributed by atoms with van der Waals surface area (Å²) in [5.41, 5.74) is 5.61. The summed E-state index contributed by atoms with van der Waals surface area (Å²) in [5, 5.41) is 13.7. The van der Waals surface area contributed by atoms with Gasteiger partial charge in [-0.2, -0.15) is 5.10 Å². The molecule has 0 aliphatic heterocycles. The van der Waals surface area contributed by atoms with Crippen LogP contribution >= 0.6 is 0 Å². The first-order chi connectivity index (χ1) is 14.5. The van der Waals surface area contributed by atoms with Gasteiger partial charge in [-0.1, -0.05) is 42.5 Å². The summed E-state index contributed by atoms with van der Waals surface area (Å²) in [6, 6.07) is 17.9. The second kappa shape index (κ2) is 9.56. The highest BCUT2D eigenvalue weighted by Crippen LogP contribution is 2.26. The van der Waals surface area contributed by atoms with Gasteiger partial charge in [0.15, 0.2) is 0 Å². The molecular weight excluding hydrogens is 382 g/mol. The Morgan fingerprint density at radius 2 is 1.83 bits per heavy atom. The highest BCUT2D eigenvalue weighted by Gasteiger charge is 2.20. The zero-order valence-electron chi connectivity index (χ0n) is 16.8. The molecule has 0 radical (unpaired) electrons. The van der Waals surface area contributed by atoms with Crippen LogP contribution < -0.4 is 5.43 Å². The van der Waals surface area contributed by atoms with E-state index >= 15 is 0 Å². The van der Waals surface area contributed by atoms with Crippen LogP contribution in [0.3, 0.4) is 0 Å². The van der Waals surface area contributed by atoms with E-state index in [1.807, 2.05) is 30.3 Å². The van der Waals surface area contributed by atoms with Crippen LogP contribution in [-0.4, -0.2) is 34.4 Å². The molecule has 1 amide bonds. The lowest BCUT2D eigenvalue weighted by Crippen LogP contribution is -2.24. The Morgan fingerprint density at radius 3 is 2.53 bits per heavy atom. The first-order valence-corrected chi connectivity index (χ1v) is 9.53. The van der Waals surface area contributed by atoms with Crippen LogP contribution in [0, 0.1) is 6.92 Å². The first kappa shape index (κ1) is 20.9. The molecule has 0 bridgehead atoms. The lowest BCUT2D eigenvalue weighted by molar-refractivity contribution is -0.121. The van der Waals surface area contributed by atoms with Gasteiger partial charge in [-0.05, 0) is 37.6 Å². The summed E-state index contributed by atoms with van der Waals surface area (Å²) >= 11 is 0. The summed E-state index contributed by atoms with van der Waals surface area (Å²) in [7, 11) is 0. The number of carbonyl (C=O) groups excluding carboxylic acids is 2. The van der Waals surface area contributed by atoms with Crippen molar-refractivity contribution in [3.63, 3.8) is 0 Å². The van der Waals surface area contributed by atoms with Crippen LogP contribution in [0.15, 0.2) is 65.8 Å². The summed E-state index contributed by atoms with van der Waals surface area (Å²) in [4.78, 5) is 24.8. The second-order valence-electron chi connectivity index (χ2n) is 6.55.